The number of halogens is 1. The SMILES string of the molecule is COc1ccc(OC)c(C(C#N)Nc2ccc(Cl)cc2)c1. The second-order valence-corrected chi connectivity index (χ2v) is 4.76. The third kappa shape index (κ3) is 3.59. The molecule has 108 valence electrons. The van der Waals surface area contributed by atoms with E-state index in [9.17, 15) is 5.26 Å². The highest BCUT2D eigenvalue weighted by atomic mass is 35.5. The molecule has 21 heavy (non-hydrogen) atoms. The van der Waals surface area contributed by atoms with Gasteiger partial charge in [0.05, 0.1) is 20.3 Å². The first-order chi connectivity index (χ1) is 10.2. The number of benzene rings is 2. The Morgan fingerprint density at radius 2 is 1.81 bits per heavy atom. The van der Waals surface area contributed by atoms with Crippen molar-refractivity contribution in [2.45, 2.75) is 6.04 Å². The number of rotatable bonds is 5. The zero-order chi connectivity index (χ0) is 15.2. The molecule has 0 bridgehead atoms. The van der Waals surface area contributed by atoms with Gasteiger partial charge in [0.25, 0.3) is 0 Å². The number of nitrogens with one attached hydrogen (secondary N) is 1. The zero-order valence-corrected chi connectivity index (χ0v) is 12.5. The molecule has 0 spiro atoms. The van der Waals surface area contributed by atoms with Crippen LogP contribution in [0, 0.1) is 11.3 Å². The van der Waals surface area contributed by atoms with Gasteiger partial charge in [-0.1, -0.05) is 11.6 Å². The van der Waals surface area contributed by atoms with Crippen LogP contribution in [0.1, 0.15) is 11.6 Å². The van der Waals surface area contributed by atoms with Crippen molar-refractivity contribution < 1.29 is 9.47 Å². The predicted octanol–water partition coefficient (Wildman–Crippen LogP) is 4.03. The summed E-state index contributed by atoms with van der Waals surface area (Å²) in [5, 5.41) is 13.2. The number of methoxy groups -OCH3 is 2. The molecule has 0 aliphatic rings. The first-order valence-corrected chi connectivity index (χ1v) is 6.69. The first kappa shape index (κ1) is 15.0. The summed E-state index contributed by atoms with van der Waals surface area (Å²) in [5.74, 6) is 1.30. The lowest BCUT2D eigenvalue weighted by Crippen LogP contribution is -2.10. The number of ether oxygens (including phenoxy) is 2. The number of hydrogen-bond acceptors (Lipinski definition) is 4. The Morgan fingerprint density at radius 1 is 1.10 bits per heavy atom. The lowest BCUT2D eigenvalue weighted by atomic mass is 10.1. The molecular formula is C16H15ClN2O2. The van der Waals surface area contributed by atoms with Gasteiger partial charge in [-0.15, -0.1) is 0 Å². The van der Waals surface area contributed by atoms with E-state index in [4.69, 9.17) is 21.1 Å². The largest absolute Gasteiger partial charge is 0.497 e. The van der Waals surface area contributed by atoms with Crippen LogP contribution in [0.2, 0.25) is 5.02 Å². The van der Waals surface area contributed by atoms with Gasteiger partial charge >= 0.3 is 0 Å². The van der Waals surface area contributed by atoms with Crippen LogP contribution in [0.5, 0.6) is 11.5 Å². The molecule has 0 aromatic heterocycles. The third-order valence-electron chi connectivity index (χ3n) is 3.03. The summed E-state index contributed by atoms with van der Waals surface area (Å²) < 4.78 is 10.5. The molecule has 1 atom stereocenters. The summed E-state index contributed by atoms with van der Waals surface area (Å²) in [6.07, 6.45) is 0. The van der Waals surface area contributed by atoms with Gasteiger partial charge in [-0.25, -0.2) is 0 Å². The number of nitrogens with zero attached hydrogens (tertiary/aromatic N) is 1. The van der Waals surface area contributed by atoms with E-state index >= 15 is 0 Å². The standard InChI is InChI=1S/C16H15ClN2O2/c1-20-13-7-8-16(21-2)14(9-13)15(10-18)19-12-5-3-11(17)4-6-12/h3-9,15,19H,1-2H3. The summed E-state index contributed by atoms with van der Waals surface area (Å²) in [4.78, 5) is 0. The first-order valence-electron chi connectivity index (χ1n) is 6.31. The fourth-order valence-corrected chi connectivity index (χ4v) is 2.08. The van der Waals surface area contributed by atoms with Crippen molar-refractivity contribution in [3.8, 4) is 17.6 Å². The van der Waals surface area contributed by atoms with E-state index < -0.39 is 6.04 Å². The molecule has 1 unspecified atom stereocenters. The van der Waals surface area contributed by atoms with Gasteiger partial charge < -0.3 is 14.8 Å². The van der Waals surface area contributed by atoms with E-state index in [1.165, 1.54) is 0 Å². The molecule has 0 aliphatic carbocycles. The molecule has 2 aromatic carbocycles. The second-order valence-electron chi connectivity index (χ2n) is 4.32. The van der Waals surface area contributed by atoms with E-state index in [2.05, 4.69) is 11.4 Å². The van der Waals surface area contributed by atoms with Gasteiger partial charge in [-0.2, -0.15) is 5.26 Å². The normalized spacial score (nSPS) is 11.3. The maximum Gasteiger partial charge on any atom is 0.143 e. The van der Waals surface area contributed by atoms with Crippen molar-refractivity contribution >= 4 is 17.3 Å². The smallest absolute Gasteiger partial charge is 0.143 e. The van der Waals surface area contributed by atoms with E-state index in [-0.39, 0.29) is 0 Å². The van der Waals surface area contributed by atoms with Gasteiger partial charge in [-0.05, 0) is 42.5 Å². The monoisotopic (exact) mass is 302 g/mol. The Kier molecular flexibility index (Phi) is 4.91. The zero-order valence-electron chi connectivity index (χ0n) is 11.8. The Labute approximate surface area is 128 Å². The van der Waals surface area contributed by atoms with E-state index in [0.29, 0.717) is 22.1 Å². The van der Waals surface area contributed by atoms with Crippen LogP contribution in [-0.4, -0.2) is 14.2 Å². The maximum absolute atomic E-state index is 9.44. The molecule has 0 amide bonds. The topological polar surface area (TPSA) is 54.3 Å². The summed E-state index contributed by atoms with van der Waals surface area (Å²) >= 11 is 5.86. The highest BCUT2D eigenvalue weighted by molar-refractivity contribution is 6.30. The van der Waals surface area contributed by atoms with Crippen LogP contribution in [0.4, 0.5) is 5.69 Å². The maximum atomic E-state index is 9.44. The fourth-order valence-electron chi connectivity index (χ4n) is 1.96. The van der Waals surface area contributed by atoms with Gasteiger partial charge in [-0.3, -0.25) is 0 Å². The van der Waals surface area contributed by atoms with Crippen LogP contribution in [0.15, 0.2) is 42.5 Å². The van der Waals surface area contributed by atoms with E-state index in [1.54, 1.807) is 44.6 Å². The minimum absolute atomic E-state index is 0.559. The Hall–Kier alpha value is -2.38. The molecule has 0 aliphatic heterocycles. The number of hydrogen-bond donors (Lipinski definition) is 1. The van der Waals surface area contributed by atoms with Gasteiger partial charge in [0.2, 0.25) is 0 Å². The van der Waals surface area contributed by atoms with Crippen molar-refractivity contribution in [2.75, 3.05) is 19.5 Å². The highest BCUT2D eigenvalue weighted by Crippen LogP contribution is 2.31. The summed E-state index contributed by atoms with van der Waals surface area (Å²) in [7, 11) is 3.15. The minimum atomic E-state index is -0.559. The quantitative estimate of drug-likeness (QED) is 0.906. The third-order valence-corrected chi connectivity index (χ3v) is 3.28. The van der Waals surface area contributed by atoms with Gasteiger partial charge in [0.1, 0.15) is 17.5 Å². The highest BCUT2D eigenvalue weighted by Gasteiger charge is 2.16. The lowest BCUT2D eigenvalue weighted by Gasteiger charge is -2.17. The summed E-state index contributed by atoms with van der Waals surface area (Å²) in [5.41, 5.74) is 1.52. The molecule has 0 radical (unpaired) electrons. The van der Waals surface area contributed by atoms with E-state index in [1.807, 2.05) is 12.1 Å². The molecule has 5 heteroatoms. The molecule has 0 saturated carbocycles. The van der Waals surface area contributed by atoms with Gasteiger partial charge in [0, 0.05) is 16.3 Å². The van der Waals surface area contributed by atoms with Crippen LogP contribution >= 0.6 is 11.6 Å². The predicted molar refractivity (Wildman–Crippen MR) is 83.0 cm³/mol. The molecule has 0 fully saturated rings. The Balaban J connectivity index is 2.32. The van der Waals surface area contributed by atoms with Crippen molar-refractivity contribution in [1.82, 2.24) is 0 Å². The molecule has 2 aromatic rings. The molecule has 0 saturated heterocycles. The van der Waals surface area contributed by atoms with Crippen LogP contribution in [0.3, 0.4) is 0 Å². The van der Waals surface area contributed by atoms with Crippen molar-refractivity contribution in [2.24, 2.45) is 0 Å². The average Bonchev–Trinajstić information content (AvgIpc) is 2.53. The number of anilines is 1. The summed E-state index contributed by atoms with van der Waals surface area (Å²) in [6.45, 7) is 0. The minimum Gasteiger partial charge on any atom is -0.497 e. The summed E-state index contributed by atoms with van der Waals surface area (Å²) in [6, 6.07) is 14.2. The number of nitriles is 1. The van der Waals surface area contributed by atoms with Crippen molar-refractivity contribution in [3.63, 3.8) is 0 Å². The molecule has 1 N–H and O–H groups in total. The molecule has 2 rings (SSSR count). The van der Waals surface area contributed by atoms with Crippen LogP contribution in [-0.2, 0) is 0 Å². The Morgan fingerprint density at radius 3 is 2.38 bits per heavy atom. The second kappa shape index (κ2) is 6.87. The van der Waals surface area contributed by atoms with E-state index in [0.717, 1.165) is 5.69 Å². The molecule has 4 nitrogen and oxygen atoms in total. The van der Waals surface area contributed by atoms with Gasteiger partial charge in [0.15, 0.2) is 0 Å². The Bertz CT molecular complexity index is 650. The van der Waals surface area contributed by atoms with Crippen LogP contribution in [0.25, 0.3) is 0 Å². The van der Waals surface area contributed by atoms with Crippen molar-refractivity contribution in [3.05, 3.63) is 53.1 Å². The fraction of sp³-hybridized carbons (Fsp3) is 0.188. The lowest BCUT2D eigenvalue weighted by molar-refractivity contribution is 0.398. The average molecular weight is 303 g/mol. The van der Waals surface area contributed by atoms with Crippen LogP contribution < -0.4 is 14.8 Å². The molecule has 0 heterocycles. The molecular weight excluding hydrogens is 288 g/mol. The van der Waals surface area contributed by atoms with Crippen molar-refractivity contribution in [1.29, 1.82) is 5.26 Å².